The molecule has 2 heteroatoms. The Hall–Kier alpha value is -0.530. The first-order chi connectivity index (χ1) is 4.81. The topological polar surface area (TPSA) is 29.1 Å². The van der Waals surface area contributed by atoms with Crippen LogP contribution in [-0.4, -0.2) is 12.5 Å². The van der Waals surface area contributed by atoms with E-state index < -0.39 is 0 Å². The third kappa shape index (κ3) is 1.02. The summed E-state index contributed by atoms with van der Waals surface area (Å²) in [6.07, 6.45) is 5.85. The third-order valence-corrected chi connectivity index (χ3v) is 2.82. The molecule has 2 nitrogen and oxygen atoms in total. The number of hydrogen-bond acceptors (Lipinski definition) is 1. The number of amides is 1. The molecular weight excluding hydrogens is 126 g/mol. The van der Waals surface area contributed by atoms with Crippen molar-refractivity contribution in [2.24, 2.45) is 5.41 Å². The van der Waals surface area contributed by atoms with Crippen molar-refractivity contribution in [2.75, 3.05) is 6.54 Å². The van der Waals surface area contributed by atoms with Gasteiger partial charge >= 0.3 is 0 Å². The highest BCUT2D eigenvalue weighted by molar-refractivity contribution is 5.76. The molecule has 1 spiro atoms. The van der Waals surface area contributed by atoms with Crippen LogP contribution < -0.4 is 5.32 Å². The van der Waals surface area contributed by atoms with Gasteiger partial charge in [-0.05, 0) is 31.1 Å². The number of rotatable bonds is 0. The van der Waals surface area contributed by atoms with Crippen LogP contribution in [0.25, 0.3) is 0 Å². The van der Waals surface area contributed by atoms with E-state index in [9.17, 15) is 4.79 Å². The Kier molecular flexibility index (Phi) is 1.22. The van der Waals surface area contributed by atoms with Crippen LogP contribution in [0, 0.1) is 5.41 Å². The quantitative estimate of drug-likeness (QED) is 0.534. The SMILES string of the molecule is O=C1CCC2(CCN1)CC2. The Morgan fingerprint density at radius 3 is 2.70 bits per heavy atom. The van der Waals surface area contributed by atoms with Crippen molar-refractivity contribution in [3.8, 4) is 0 Å². The molecule has 56 valence electrons. The molecule has 1 amide bonds. The van der Waals surface area contributed by atoms with Crippen molar-refractivity contribution < 1.29 is 4.79 Å². The van der Waals surface area contributed by atoms with Crippen molar-refractivity contribution in [3.63, 3.8) is 0 Å². The lowest BCUT2D eigenvalue weighted by molar-refractivity contribution is -0.120. The van der Waals surface area contributed by atoms with Crippen LogP contribution >= 0.6 is 0 Å². The van der Waals surface area contributed by atoms with Gasteiger partial charge in [0.05, 0.1) is 0 Å². The molecule has 0 radical (unpaired) electrons. The van der Waals surface area contributed by atoms with E-state index in [-0.39, 0.29) is 5.91 Å². The second-order valence-electron chi connectivity index (χ2n) is 3.60. The van der Waals surface area contributed by atoms with Crippen LogP contribution in [0.1, 0.15) is 32.1 Å². The molecule has 2 aliphatic rings. The molecule has 10 heavy (non-hydrogen) atoms. The van der Waals surface area contributed by atoms with Crippen molar-refractivity contribution in [2.45, 2.75) is 32.1 Å². The zero-order chi connectivity index (χ0) is 7.03. The Balaban J connectivity index is 1.98. The fraction of sp³-hybridized carbons (Fsp3) is 0.875. The maximum absolute atomic E-state index is 10.9. The second-order valence-corrected chi connectivity index (χ2v) is 3.60. The summed E-state index contributed by atoms with van der Waals surface area (Å²) < 4.78 is 0. The second kappa shape index (κ2) is 1.97. The van der Waals surface area contributed by atoms with Gasteiger partial charge in [-0.2, -0.15) is 0 Å². The Morgan fingerprint density at radius 1 is 1.20 bits per heavy atom. The molecule has 1 heterocycles. The first-order valence-electron chi connectivity index (χ1n) is 4.08. The van der Waals surface area contributed by atoms with E-state index in [0.29, 0.717) is 5.41 Å². The standard InChI is InChI=1S/C8H13NO/c10-7-1-2-8(3-4-8)5-6-9-7/h1-6H2,(H,9,10). The number of nitrogens with one attached hydrogen (secondary N) is 1. The Morgan fingerprint density at radius 2 is 2.00 bits per heavy atom. The first kappa shape index (κ1) is 6.20. The Labute approximate surface area is 61.0 Å². The molecule has 1 N–H and O–H groups in total. The molecule has 0 atom stereocenters. The minimum atomic E-state index is 0.253. The van der Waals surface area contributed by atoms with Crippen molar-refractivity contribution in [1.82, 2.24) is 5.32 Å². The van der Waals surface area contributed by atoms with E-state index in [1.807, 2.05) is 0 Å². The zero-order valence-corrected chi connectivity index (χ0v) is 6.15. The molecule has 1 aliphatic carbocycles. The summed E-state index contributed by atoms with van der Waals surface area (Å²) in [5.74, 6) is 0.253. The van der Waals surface area contributed by atoms with Crippen molar-refractivity contribution in [1.29, 1.82) is 0 Å². The fourth-order valence-electron chi connectivity index (χ4n) is 1.74. The van der Waals surface area contributed by atoms with Gasteiger partial charge in [-0.15, -0.1) is 0 Å². The summed E-state index contributed by atoms with van der Waals surface area (Å²) in [4.78, 5) is 10.9. The van der Waals surface area contributed by atoms with E-state index in [4.69, 9.17) is 0 Å². The number of hydrogen-bond donors (Lipinski definition) is 1. The van der Waals surface area contributed by atoms with Crippen LogP contribution in [-0.2, 0) is 4.79 Å². The molecular formula is C8H13NO. The Bertz CT molecular complexity index is 161. The summed E-state index contributed by atoms with van der Waals surface area (Å²) in [6.45, 7) is 0.916. The van der Waals surface area contributed by atoms with Crippen LogP contribution in [0.3, 0.4) is 0 Å². The van der Waals surface area contributed by atoms with E-state index in [2.05, 4.69) is 5.32 Å². The van der Waals surface area contributed by atoms with Crippen molar-refractivity contribution >= 4 is 5.91 Å². The van der Waals surface area contributed by atoms with Crippen LogP contribution in [0.2, 0.25) is 0 Å². The zero-order valence-electron chi connectivity index (χ0n) is 6.15. The highest BCUT2D eigenvalue weighted by Gasteiger charge is 2.42. The highest BCUT2D eigenvalue weighted by atomic mass is 16.1. The molecule has 0 bridgehead atoms. The van der Waals surface area contributed by atoms with Gasteiger partial charge in [0.1, 0.15) is 0 Å². The molecule has 0 aromatic carbocycles. The van der Waals surface area contributed by atoms with Crippen LogP contribution in [0.15, 0.2) is 0 Å². The number of carbonyl (C=O) groups excluding carboxylic acids is 1. The first-order valence-corrected chi connectivity index (χ1v) is 4.08. The van der Waals surface area contributed by atoms with Crippen LogP contribution in [0.4, 0.5) is 0 Å². The van der Waals surface area contributed by atoms with E-state index in [1.165, 1.54) is 19.3 Å². The van der Waals surface area contributed by atoms with Crippen LogP contribution in [0.5, 0.6) is 0 Å². The summed E-state index contributed by atoms with van der Waals surface area (Å²) >= 11 is 0. The lowest BCUT2D eigenvalue weighted by atomic mass is 9.98. The molecule has 0 aromatic heterocycles. The van der Waals surface area contributed by atoms with Gasteiger partial charge in [0.15, 0.2) is 0 Å². The third-order valence-electron chi connectivity index (χ3n) is 2.82. The van der Waals surface area contributed by atoms with E-state index >= 15 is 0 Å². The fourth-order valence-corrected chi connectivity index (χ4v) is 1.74. The highest BCUT2D eigenvalue weighted by Crippen LogP contribution is 2.52. The smallest absolute Gasteiger partial charge is 0.220 e. The van der Waals surface area contributed by atoms with Crippen molar-refractivity contribution in [3.05, 3.63) is 0 Å². The molecule has 1 aliphatic heterocycles. The van der Waals surface area contributed by atoms with Gasteiger partial charge in [0.25, 0.3) is 0 Å². The molecule has 0 aromatic rings. The van der Waals surface area contributed by atoms with Gasteiger partial charge < -0.3 is 5.32 Å². The van der Waals surface area contributed by atoms with Gasteiger partial charge in [0, 0.05) is 13.0 Å². The maximum atomic E-state index is 10.9. The largest absolute Gasteiger partial charge is 0.356 e. The van der Waals surface area contributed by atoms with Gasteiger partial charge in [0.2, 0.25) is 5.91 Å². The molecule has 1 saturated heterocycles. The number of carbonyl (C=O) groups is 1. The minimum absolute atomic E-state index is 0.253. The summed E-state index contributed by atoms with van der Waals surface area (Å²) in [5, 5.41) is 2.90. The summed E-state index contributed by atoms with van der Waals surface area (Å²) in [7, 11) is 0. The normalized spacial score (nSPS) is 29.4. The molecule has 2 rings (SSSR count). The predicted molar refractivity (Wildman–Crippen MR) is 38.5 cm³/mol. The van der Waals surface area contributed by atoms with E-state index in [1.54, 1.807) is 0 Å². The summed E-state index contributed by atoms with van der Waals surface area (Å²) in [6, 6.07) is 0. The monoisotopic (exact) mass is 139 g/mol. The van der Waals surface area contributed by atoms with Gasteiger partial charge in [-0.1, -0.05) is 0 Å². The molecule has 0 unspecified atom stereocenters. The average molecular weight is 139 g/mol. The maximum Gasteiger partial charge on any atom is 0.220 e. The predicted octanol–water partition coefficient (Wildman–Crippen LogP) is 1.07. The van der Waals surface area contributed by atoms with Gasteiger partial charge in [-0.25, -0.2) is 0 Å². The van der Waals surface area contributed by atoms with Gasteiger partial charge in [-0.3, -0.25) is 4.79 Å². The summed E-state index contributed by atoms with van der Waals surface area (Å²) in [5.41, 5.74) is 0.610. The molecule has 1 saturated carbocycles. The average Bonchev–Trinajstić information content (AvgIpc) is 2.67. The lowest BCUT2D eigenvalue weighted by Crippen LogP contribution is -2.21. The van der Waals surface area contributed by atoms with E-state index in [0.717, 1.165) is 19.4 Å². The minimum Gasteiger partial charge on any atom is -0.356 e. The lowest BCUT2D eigenvalue weighted by Gasteiger charge is -2.07. The molecule has 2 fully saturated rings.